The summed E-state index contributed by atoms with van der Waals surface area (Å²) in [5, 5.41) is 0. The van der Waals surface area contributed by atoms with Crippen LogP contribution in [0.4, 0.5) is 50.9 Å². The first-order valence-electron chi connectivity index (χ1n) is 8.23. The highest BCUT2D eigenvalue weighted by Gasteiger charge is 2.41. The number of ether oxygens (including phenoxy) is 2. The number of nitrogens with two attached hydrogens (primary N) is 2. The van der Waals surface area contributed by atoms with E-state index in [2.05, 4.69) is 9.47 Å². The smallest absolute Gasteiger partial charge is 0.422 e. The summed E-state index contributed by atoms with van der Waals surface area (Å²) in [6, 6.07) is 2.01. The van der Waals surface area contributed by atoms with E-state index in [-0.39, 0.29) is 6.07 Å². The third kappa shape index (κ3) is 4.31. The molecule has 13 heteroatoms. The van der Waals surface area contributed by atoms with Crippen LogP contribution in [0.15, 0.2) is 30.3 Å². The van der Waals surface area contributed by atoms with Gasteiger partial charge < -0.3 is 20.9 Å². The lowest BCUT2D eigenvalue weighted by Gasteiger charge is -2.18. The normalized spacial score (nSPS) is 11.5. The molecule has 0 spiro atoms. The molecule has 3 aromatic carbocycles. The maximum Gasteiger partial charge on any atom is 0.422 e. The van der Waals surface area contributed by atoms with Gasteiger partial charge in [-0.1, -0.05) is 0 Å². The number of hydrogen-bond donors (Lipinski definition) is 2. The molecule has 3 aromatic rings. The molecule has 32 heavy (non-hydrogen) atoms. The second kappa shape index (κ2) is 8.05. The van der Waals surface area contributed by atoms with Crippen molar-refractivity contribution in [2.45, 2.75) is 6.18 Å². The third-order valence-electron chi connectivity index (χ3n) is 3.89. The van der Waals surface area contributed by atoms with Gasteiger partial charge in [0, 0.05) is 41.7 Å². The van der Waals surface area contributed by atoms with Crippen molar-refractivity contribution in [2.75, 3.05) is 11.5 Å². The van der Waals surface area contributed by atoms with Crippen molar-refractivity contribution < 1.29 is 49.0 Å². The van der Waals surface area contributed by atoms with Gasteiger partial charge in [-0.15, -0.1) is 0 Å². The van der Waals surface area contributed by atoms with E-state index in [0.717, 1.165) is 0 Å². The molecule has 0 saturated carbocycles. The fourth-order valence-corrected chi connectivity index (χ4v) is 2.56. The summed E-state index contributed by atoms with van der Waals surface area (Å²) in [5.41, 5.74) is 7.28. The van der Waals surface area contributed by atoms with Crippen LogP contribution >= 0.6 is 0 Å². The molecule has 0 amide bonds. The fraction of sp³-hybridized carbons (Fsp3) is 0.0526. The van der Waals surface area contributed by atoms with Gasteiger partial charge in [0.1, 0.15) is 11.4 Å². The Morgan fingerprint density at radius 1 is 0.562 bits per heavy atom. The fourth-order valence-electron chi connectivity index (χ4n) is 2.56. The van der Waals surface area contributed by atoms with E-state index >= 15 is 0 Å². The first-order chi connectivity index (χ1) is 14.8. The highest BCUT2D eigenvalue weighted by atomic mass is 19.4. The molecule has 3 rings (SSSR count). The van der Waals surface area contributed by atoms with Crippen molar-refractivity contribution in [2.24, 2.45) is 0 Å². The lowest BCUT2D eigenvalue weighted by Crippen LogP contribution is -2.13. The summed E-state index contributed by atoms with van der Waals surface area (Å²) in [6.07, 6.45) is -5.58. The van der Waals surface area contributed by atoms with E-state index in [1.54, 1.807) is 0 Å². The van der Waals surface area contributed by atoms with Crippen molar-refractivity contribution in [1.29, 1.82) is 0 Å². The largest absolute Gasteiger partial charge is 0.451 e. The summed E-state index contributed by atoms with van der Waals surface area (Å²) >= 11 is 0. The molecular formula is C19H9F9N2O2. The Hall–Kier alpha value is -3.77. The van der Waals surface area contributed by atoms with Crippen LogP contribution in [-0.4, -0.2) is 0 Å². The number of benzene rings is 3. The van der Waals surface area contributed by atoms with Crippen molar-refractivity contribution in [1.82, 2.24) is 0 Å². The Morgan fingerprint density at radius 2 is 1.00 bits per heavy atom. The Bertz CT molecular complexity index is 1210. The zero-order valence-corrected chi connectivity index (χ0v) is 15.3. The molecule has 170 valence electrons. The average molecular weight is 468 g/mol. The van der Waals surface area contributed by atoms with Gasteiger partial charge in [0.05, 0.1) is 0 Å². The van der Waals surface area contributed by atoms with Gasteiger partial charge in [-0.25, -0.2) is 13.2 Å². The first-order valence-corrected chi connectivity index (χ1v) is 8.23. The molecule has 0 aromatic heterocycles. The van der Waals surface area contributed by atoms with Gasteiger partial charge in [-0.05, 0) is 0 Å². The van der Waals surface area contributed by atoms with Gasteiger partial charge in [0.15, 0.2) is 34.6 Å². The van der Waals surface area contributed by atoms with E-state index in [0.29, 0.717) is 24.3 Å². The molecule has 0 radical (unpaired) electrons. The quantitative estimate of drug-likeness (QED) is 0.349. The van der Waals surface area contributed by atoms with Gasteiger partial charge >= 0.3 is 6.18 Å². The monoisotopic (exact) mass is 468 g/mol. The molecule has 0 aliphatic heterocycles. The SMILES string of the molecule is Nc1cc(F)c(F)c(Oc2cc(F)c(C(F)(F)F)c(Oc3cc(N)cc(F)c3F)c2F)c1. The van der Waals surface area contributed by atoms with Crippen LogP contribution in [0.5, 0.6) is 23.0 Å². The molecule has 0 aliphatic carbocycles. The standard InChI is InChI=1S/C19H9F9N2O2/c20-8-5-13(31-11-3-6(29)1-9(21)15(11)23)17(25)18(14(8)19(26,27)28)32-12-4-7(30)2-10(22)16(12)24/h1-5H,29-30H2. The number of alkyl halides is 3. The topological polar surface area (TPSA) is 70.5 Å². The van der Waals surface area contributed by atoms with Crippen molar-refractivity contribution in [3.63, 3.8) is 0 Å². The summed E-state index contributed by atoms with van der Waals surface area (Å²) in [5.74, 6) is -16.9. The maximum atomic E-state index is 14.9. The number of anilines is 2. The van der Waals surface area contributed by atoms with Gasteiger partial charge in [0.2, 0.25) is 17.5 Å². The van der Waals surface area contributed by atoms with Gasteiger partial charge in [0.25, 0.3) is 0 Å². The zero-order chi connectivity index (χ0) is 24.0. The van der Waals surface area contributed by atoms with Gasteiger partial charge in [-0.3, -0.25) is 0 Å². The minimum Gasteiger partial charge on any atom is -0.451 e. The predicted molar refractivity (Wildman–Crippen MR) is 93.0 cm³/mol. The minimum absolute atomic E-state index is 0.123. The summed E-state index contributed by atoms with van der Waals surface area (Å²) in [7, 11) is 0. The van der Waals surface area contributed by atoms with Crippen molar-refractivity contribution in [3.05, 3.63) is 70.8 Å². The Labute approximate surface area is 172 Å². The summed E-state index contributed by atoms with van der Waals surface area (Å²) < 4.78 is 133. The molecule has 0 saturated heterocycles. The van der Waals surface area contributed by atoms with Crippen LogP contribution in [0.3, 0.4) is 0 Å². The average Bonchev–Trinajstić information content (AvgIpc) is 2.65. The highest BCUT2D eigenvalue weighted by Crippen LogP contribution is 2.46. The van der Waals surface area contributed by atoms with E-state index in [1.807, 2.05) is 0 Å². The molecule has 0 unspecified atom stereocenters. The second-order valence-electron chi connectivity index (χ2n) is 6.21. The third-order valence-corrected chi connectivity index (χ3v) is 3.89. The molecule has 4 nitrogen and oxygen atoms in total. The van der Waals surface area contributed by atoms with E-state index in [1.165, 1.54) is 0 Å². The molecule has 4 N–H and O–H groups in total. The predicted octanol–water partition coefficient (Wildman–Crippen LogP) is 6.29. The number of nitrogen functional groups attached to an aromatic ring is 2. The Kier molecular flexibility index (Phi) is 5.76. The van der Waals surface area contributed by atoms with Crippen LogP contribution in [0, 0.1) is 34.9 Å². The van der Waals surface area contributed by atoms with E-state index in [9.17, 15) is 39.5 Å². The maximum absolute atomic E-state index is 14.9. The van der Waals surface area contributed by atoms with Crippen LogP contribution in [0.25, 0.3) is 0 Å². The summed E-state index contributed by atoms with van der Waals surface area (Å²) in [4.78, 5) is 0. The molecule has 0 fully saturated rings. The van der Waals surface area contributed by atoms with E-state index in [4.69, 9.17) is 11.5 Å². The zero-order valence-electron chi connectivity index (χ0n) is 15.3. The number of halogens is 9. The summed E-state index contributed by atoms with van der Waals surface area (Å²) in [6.45, 7) is 0. The number of rotatable bonds is 4. The molecule has 0 aliphatic rings. The van der Waals surface area contributed by atoms with Gasteiger partial charge in [-0.2, -0.15) is 26.3 Å². The van der Waals surface area contributed by atoms with Crippen molar-refractivity contribution in [3.8, 4) is 23.0 Å². The molecular weight excluding hydrogens is 459 g/mol. The Morgan fingerprint density at radius 3 is 1.47 bits per heavy atom. The minimum atomic E-state index is -5.58. The van der Waals surface area contributed by atoms with Crippen molar-refractivity contribution >= 4 is 11.4 Å². The Balaban J connectivity index is 2.21. The lowest BCUT2D eigenvalue weighted by molar-refractivity contribution is -0.141. The van der Waals surface area contributed by atoms with Crippen LogP contribution in [0.2, 0.25) is 0 Å². The highest BCUT2D eigenvalue weighted by molar-refractivity contribution is 5.53. The second-order valence-corrected chi connectivity index (χ2v) is 6.21. The molecule has 0 heterocycles. The van der Waals surface area contributed by atoms with Crippen LogP contribution in [0.1, 0.15) is 5.56 Å². The number of hydrogen-bond acceptors (Lipinski definition) is 4. The van der Waals surface area contributed by atoms with Crippen LogP contribution in [-0.2, 0) is 6.18 Å². The van der Waals surface area contributed by atoms with Crippen LogP contribution < -0.4 is 20.9 Å². The molecule has 0 bridgehead atoms. The lowest BCUT2D eigenvalue weighted by atomic mass is 10.1. The first kappa shape index (κ1) is 22.9. The van der Waals surface area contributed by atoms with E-state index < -0.39 is 81.0 Å². The molecule has 0 atom stereocenters.